The van der Waals surface area contributed by atoms with Crippen molar-refractivity contribution in [2.24, 2.45) is 5.41 Å². The van der Waals surface area contributed by atoms with E-state index in [1.54, 1.807) is 13.0 Å². The molecule has 1 fully saturated rings. The molecule has 110 valence electrons. The van der Waals surface area contributed by atoms with Gasteiger partial charge < -0.3 is 9.84 Å². The molecule has 1 aromatic carbocycles. The van der Waals surface area contributed by atoms with Gasteiger partial charge in [-0.05, 0) is 37.3 Å². The van der Waals surface area contributed by atoms with E-state index in [0.717, 1.165) is 23.5 Å². The van der Waals surface area contributed by atoms with Crippen LogP contribution >= 0.6 is 11.8 Å². The number of carbonyl (C=O) groups is 1. The molecule has 1 unspecified atom stereocenters. The summed E-state index contributed by atoms with van der Waals surface area (Å²) in [6.07, 6.45) is 1.56. The van der Waals surface area contributed by atoms with Crippen LogP contribution in [0.2, 0.25) is 0 Å². The van der Waals surface area contributed by atoms with Gasteiger partial charge in [0.2, 0.25) is 0 Å². The Labute approximate surface area is 122 Å². The molecule has 0 radical (unpaired) electrons. The quantitative estimate of drug-likeness (QED) is 0.646. The number of esters is 1. The maximum Gasteiger partial charge on any atom is 0.306 e. The molecule has 0 aromatic heterocycles. The van der Waals surface area contributed by atoms with Crippen molar-refractivity contribution in [3.63, 3.8) is 0 Å². The molecule has 0 amide bonds. The number of hydrogen-bond donors (Lipinski definition) is 1. The lowest BCUT2D eigenvalue weighted by molar-refractivity contribution is -0.141. The van der Waals surface area contributed by atoms with Crippen molar-refractivity contribution in [1.82, 2.24) is 0 Å². The molecular weight excluding hydrogens is 279 g/mol. The Morgan fingerprint density at radius 1 is 1.55 bits per heavy atom. The molecule has 0 bridgehead atoms. The van der Waals surface area contributed by atoms with Crippen molar-refractivity contribution >= 4 is 17.7 Å². The first kappa shape index (κ1) is 15.3. The van der Waals surface area contributed by atoms with Crippen LogP contribution in [-0.2, 0) is 9.53 Å². The average Bonchev–Trinajstić information content (AvgIpc) is 3.16. The van der Waals surface area contributed by atoms with Crippen LogP contribution in [0.15, 0.2) is 23.1 Å². The molecule has 3 nitrogen and oxygen atoms in total. The largest absolute Gasteiger partial charge is 0.469 e. The zero-order valence-electron chi connectivity index (χ0n) is 11.7. The Balaban J connectivity index is 2.05. The number of carbonyl (C=O) groups excluding carboxylic acids is 1. The van der Waals surface area contributed by atoms with E-state index in [2.05, 4.69) is 0 Å². The van der Waals surface area contributed by atoms with Gasteiger partial charge in [-0.2, -0.15) is 0 Å². The van der Waals surface area contributed by atoms with E-state index in [4.69, 9.17) is 4.74 Å². The minimum absolute atomic E-state index is 0.0138. The summed E-state index contributed by atoms with van der Waals surface area (Å²) in [6, 6.07) is 4.81. The van der Waals surface area contributed by atoms with Crippen molar-refractivity contribution in [1.29, 1.82) is 0 Å². The van der Waals surface area contributed by atoms with Crippen molar-refractivity contribution in [3.8, 4) is 0 Å². The van der Waals surface area contributed by atoms with Gasteiger partial charge in [0.25, 0.3) is 0 Å². The number of benzene rings is 1. The Morgan fingerprint density at radius 2 is 2.25 bits per heavy atom. The average molecular weight is 298 g/mol. The summed E-state index contributed by atoms with van der Waals surface area (Å²) in [7, 11) is 1.39. The van der Waals surface area contributed by atoms with E-state index < -0.39 is 6.10 Å². The van der Waals surface area contributed by atoms with E-state index in [0.29, 0.717) is 12.0 Å². The second-order valence-corrected chi connectivity index (χ2v) is 6.39. The van der Waals surface area contributed by atoms with Gasteiger partial charge >= 0.3 is 5.97 Å². The van der Waals surface area contributed by atoms with Gasteiger partial charge in [-0.1, -0.05) is 6.07 Å². The number of methoxy groups -OCH3 is 1. The van der Waals surface area contributed by atoms with Crippen molar-refractivity contribution < 1.29 is 19.0 Å². The van der Waals surface area contributed by atoms with E-state index in [1.165, 1.54) is 24.9 Å². The van der Waals surface area contributed by atoms with Gasteiger partial charge in [0.05, 0.1) is 19.6 Å². The second kappa shape index (κ2) is 6.14. The summed E-state index contributed by atoms with van der Waals surface area (Å²) in [6.45, 7) is 1.56. The summed E-state index contributed by atoms with van der Waals surface area (Å²) in [4.78, 5) is 12.1. The Kier molecular flexibility index (Phi) is 4.70. The number of rotatable bonds is 6. The third-order valence-electron chi connectivity index (χ3n) is 3.67. The van der Waals surface area contributed by atoms with Gasteiger partial charge in [-0.15, -0.1) is 11.8 Å². The highest BCUT2D eigenvalue weighted by Crippen LogP contribution is 2.52. The molecule has 1 atom stereocenters. The third-order valence-corrected chi connectivity index (χ3v) is 5.09. The summed E-state index contributed by atoms with van der Waals surface area (Å²) in [5, 5.41) is 9.69. The smallest absolute Gasteiger partial charge is 0.306 e. The van der Waals surface area contributed by atoms with Crippen LogP contribution in [-0.4, -0.2) is 23.9 Å². The maximum absolute atomic E-state index is 13.8. The molecule has 2 rings (SSSR count). The summed E-state index contributed by atoms with van der Waals surface area (Å²) < 4.78 is 18.5. The zero-order valence-corrected chi connectivity index (χ0v) is 12.5. The van der Waals surface area contributed by atoms with Crippen molar-refractivity contribution in [3.05, 3.63) is 29.6 Å². The molecule has 0 heterocycles. The molecule has 1 aromatic rings. The monoisotopic (exact) mass is 298 g/mol. The lowest BCUT2D eigenvalue weighted by Crippen LogP contribution is -2.13. The predicted molar refractivity (Wildman–Crippen MR) is 76.1 cm³/mol. The van der Waals surface area contributed by atoms with Crippen LogP contribution in [0.4, 0.5) is 4.39 Å². The van der Waals surface area contributed by atoms with Gasteiger partial charge in [-0.3, -0.25) is 4.79 Å². The normalized spacial score (nSPS) is 17.6. The van der Waals surface area contributed by atoms with Crippen LogP contribution in [0.3, 0.4) is 0 Å². The summed E-state index contributed by atoms with van der Waals surface area (Å²) in [5.41, 5.74) is 0.325. The topological polar surface area (TPSA) is 46.5 Å². The fourth-order valence-corrected chi connectivity index (χ4v) is 3.66. The first-order valence-electron chi connectivity index (χ1n) is 6.63. The van der Waals surface area contributed by atoms with Crippen LogP contribution in [0.1, 0.15) is 37.9 Å². The van der Waals surface area contributed by atoms with Crippen LogP contribution in [0.25, 0.3) is 0 Å². The SMILES string of the molecule is COC(=O)CC1(CSc2cccc(F)c2C(C)O)CC1. The molecule has 0 aliphatic heterocycles. The molecule has 0 spiro atoms. The van der Waals surface area contributed by atoms with E-state index in [1.807, 2.05) is 6.07 Å². The number of aliphatic hydroxyl groups excluding tert-OH is 1. The van der Waals surface area contributed by atoms with Crippen molar-refractivity contribution in [2.45, 2.75) is 37.2 Å². The minimum atomic E-state index is -0.838. The fraction of sp³-hybridized carbons (Fsp3) is 0.533. The molecule has 1 N–H and O–H groups in total. The van der Waals surface area contributed by atoms with Gasteiger partial charge in [0, 0.05) is 16.2 Å². The Hall–Kier alpha value is -1.07. The summed E-state index contributed by atoms with van der Waals surface area (Å²) in [5.74, 6) is 0.159. The van der Waals surface area contributed by atoms with E-state index in [-0.39, 0.29) is 17.2 Å². The van der Waals surface area contributed by atoms with Gasteiger partial charge in [0.1, 0.15) is 5.82 Å². The lowest BCUT2D eigenvalue weighted by Gasteiger charge is -2.16. The number of hydrogen-bond acceptors (Lipinski definition) is 4. The third kappa shape index (κ3) is 3.52. The number of ether oxygens (including phenoxy) is 1. The molecule has 1 saturated carbocycles. The van der Waals surface area contributed by atoms with Gasteiger partial charge in [0.15, 0.2) is 0 Å². The highest BCUT2D eigenvalue weighted by molar-refractivity contribution is 7.99. The Bertz CT molecular complexity index is 498. The summed E-state index contributed by atoms with van der Waals surface area (Å²) >= 11 is 1.50. The number of halogens is 1. The van der Waals surface area contributed by atoms with Crippen molar-refractivity contribution in [2.75, 3.05) is 12.9 Å². The predicted octanol–water partition coefficient (Wildman–Crippen LogP) is 3.31. The molecular formula is C15H19FO3S. The second-order valence-electron chi connectivity index (χ2n) is 5.37. The van der Waals surface area contributed by atoms with E-state index >= 15 is 0 Å². The lowest BCUT2D eigenvalue weighted by atomic mass is 10.1. The Morgan fingerprint density at radius 3 is 2.80 bits per heavy atom. The number of aliphatic hydroxyl groups is 1. The van der Waals surface area contributed by atoms with Gasteiger partial charge in [-0.25, -0.2) is 4.39 Å². The van der Waals surface area contributed by atoms with E-state index in [9.17, 15) is 14.3 Å². The highest BCUT2D eigenvalue weighted by Gasteiger charge is 2.44. The zero-order chi connectivity index (χ0) is 14.8. The molecule has 0 saturated heterocycles. The van der Waals surface area contributed by atoms with Crippen LogP contribution in [0, 0.1) is 11.2 Å². The van der Waals surface area contributed by atoms with Crippen LogP contribution in [0.5, 0.6) is 0 Å². The molecule has 20 heavy (non-hydrogen) atoms. The standard InChI is InChI=1S/C15H19FO3S/c1-10(17)14-11(16)4-3-5-12(14)20-9-15(6-7-15)8-13(18)19-2/h3-5,10,17H,6-9H2,1-2H3. The molecule has 5 heteroatoms. The maximum atomic E-state index is 13.8. The fourth-order valence-electron chi connectivity index (χ4n) is 2.21. The number of thioether (sulfide) groups is 1. The van der Waals surface area contributed by atoms with Crippen LogP contribution < -0.4 is 0 Å². The highest BCUT2D eigenvalue weighted by atomic mass is 32.2. The first-order valence-corrected chi connectivity index (χ1v) is 7.62. The molecule has 1 aliphatic rings. The molecule has 1 aliphatic carbocycles. The first-order chi connectivity index (χ1) is 9.47. The minimum Gasteiger partial charge on any atom is -0.469 e.